The molecule has 1 saturated heterocycles. The predicted molar refractivity (Wildman–Crippen MR) is 94.8 cm³/mol. The first-order valence-corrected chi connectivity index (χ1v) is 8.91. The van der Waals surface area contributed by atoms with E-state index in [1.54, 1.807) is 6.92 Å². The molecule has 11 heteroatoms. The molecular weight excluding hydrogens is 379 g/mol. The van der Waals surface area contributed by atoms with Crippen molar-refractivity contribution in [3.05, 3.63) is 17.5 Å². The number of anilines is 1. The number of hydrogen-bond donors (Lipinski definition) is 1. The van der Waals surface area contributed by atoms with E-state index in [2.05, 4.69) is 15.4 Å². The standard InChI is InChI=1S/C17H22F3N5O3/c1-4-25-15-11(9-21-25)13(22-10-5-7-28-8-6-10)12(16(26)24(2)27-3)14(23-15)17(18,19)20/h9-10H,4-8H2,1-3H3,(H,22,23). The molecule has 8 nitrogen and oxygen atoms in total. The molecule has 0 radical (unpaired) electrons. The number of hydrogen-bond acceptors (Lipinski definition) is 6. The first-order valence-electron chi connectivity index (χ1n) is 8.91. The number of halogens is 3. The van der Waals surface area contributed by atoms with Crippen molar-refractivity contribution in [3.63, 3.8) is 0 Å². The molecule has 1 N–H and O–H groups in total. The lowest BCUT2D eigenvalue weighted by atomic mass is 10.0. The van der Waals surface area contributed by atoms with Gasteiger partial charge in [-0.15, -0.1) is 0 Å². The first-order chi connectivity index (χ1) is 13.3. The molecule has 1 aliphatic rings. The number of fused-ring (bicyclic) bond motifs is 1. The van der Waals surface area contributed by atoms with E-state index in [0.29, 0.717) is 38.0 Å². The molecule has 2 aromatic rings. The maximum absolute atomic E-state index is 13.9. The lowest BCUT2D eigenvalue weighted by Crippen LogP contribution is -2.33. The summed E-state index contributed by atoms with van der Waals surface area (Å²) >= 11 is 0. The molecule has 0 aromatic carbocycles. The van der Waals surface area contributed by atoms with Crippen LogP contribution in [0, 0.1) is 0 Å². The van der Waals surface area contributed by atoms with Crippen molar-refractivity contribution >= 4 is 22.6 Å². The molecule has 0 spiro atoms. The minimum absolute atomic E-state index is 0.0674. The van der Waals surface area contributed by atoms with Crippen molar-refractivity contribution in [2.45, 2.75) is 38.5 Å². The third-order valence-electron chi connectivity index (χ3n) is 4.70. The summed E-state index contributed by atoms with van der Waals surface area (Å²) in [4.78, 5) is 21.4. The van der Waals surface area contributed by atoms with Crippen LogP contribution in [0.15, 0.2) is 6.20 Å². The van der Waals surface area contributed by atoms with Crippen molar-refractivity contribution in [3.8, 4) is 0 Å². The number of nitrogens with one attached hydrogen (secondary N) is 1. The highest BCUT2D eigenvalue weighted by Crippen LogP contribution is 2.39. The number of nitrogens with zero attached hydrogens (tertiary/aromatic N) is 4. The van der Waals surface area contributed by atoms with Gasteiger partial charge in [0.15, 0.2) is 11.3 Å². The molecule has 1 fully saturated rings. The number of alkyl halides is 3. The van der Waals surface area contributed by atoms with Crippen LogP contribution in [-0.4, -0.2) is 59.1 Å². The monoisotopic (exact) mass is 401 g/mol. The number of amides is 1. The highest BCUT2D eigenvalue weighted by atomic mass is 19.4. The molecular formula is C17H22F3N5O3. The van der Waals surface area contributed by atoms with E-state index in [4.69, 9.17) is 9.57 Å². The summed E-state index contributed by atoms with van der Waals surface area (Å²) in [7, 11) is 2.46. The lowest BCUT2D eigenvalue weighted by Gasteiger charge is -2.27. The number of carbonyl (C=O) groups is 1. The minimum atomic E-state index is -4.83. The molecule has 2 aromatic heterocycles. The van der Waals surface area contributed by atoms with Gasteiger partial charge < -0.3 is 10.1 Å². The molecule has 154 valence electrons. The van der Waals surface area contributed by atoms with Crippen LogP contribution in [0.4, 0.5) is 18.9 Å². The quantitative estimate of drug-likeness (QED) is 0.776. The summed E-state index contributed by atoms with van der Waals surface area (Å²) < 4.78 is 48.2. The molecule has 0 atom stereocenters. The van der Waals surface area contributed by atoms with Crippen LogP contribution >= 0.6 is 0 Å². The Hall–Kier alpha value is -2.40. The average Bonchev–Trinajstić information content (AvgIpc) is 3.09. The van der Waals surface area contributed by atoms with Crippen molar-refractivity contribution in [2.24, 2.45) is 0 Å². The molecule has 3 rings (SSSR count). The summed E-state index contributed by atoms with van der Waals surface area (Å²) in [5, 5.41) is 8.35. The molecule has 0 aliphatic carbocycles. The van der Waals surface area contributed by atoms with Gasteiger partial charge in [-0.05, 0) is 19.8 Å². The third kappa shape index (κ3) is 3.76. The molecule has 3 heterocycles. The van der Waals surface area contributed by atoms with E-state index in [1.807, 2.05) is 0 Å². The van der Waals surface area contributed by atoms with Gasteiger partial charge in [0.2, 0.25) is 0 Å². The van der Waals surface area contributed by atoms with Crippen LogP contribution in [0.5, 0.6) is 0 Å². The van der Waals surface area contributed by atoms with Crippen LogP contribution in [-0.2, 0) is 22.3 Å². The van der Waals surface area contributed by atoms with Crippen molar-refractivity contribution in [1.82, 2.24) is 19.8 Å². The first kappa shape index (κ1) is 20.3. The number of carbonyl (C=O) groups excluding carboxylic acids is 1. The maximum atomic E-state index is 13.9. The molecule has 0 saturated carbocycles. The van der Waals surface area contributed by atoms with E-state index in [1.165, 1.54) is 25.0 Å². The second-order valence-electron chi connectivity index (χ2n) is 6.42. The minimum Gasteiger partial charge on any atom is -0.381 e. The topological polar surface area (TPSA) is 81.5 Å². The second-order valence-corrected chi connectivity index (χ2v) is 6.42. The van der Waals surface area contributed by atoms with Gasteiger partial charge in [0.25, 0.3) is 5.91 Å². The van der Waals surface area contributed by atoms with Gasteiger partial charge >= 0.3 is 6.18 Å². The molecule has 0 bridgehead atoms. The van der Waals surface area contributed by atoms with Gasteiger partial charge in [0.1, 0.15) is 0 Å². The Morgan fingerprint density at radius 1 is 1.43 bits per heavy atom. The summed E-state index contributed by atoms with van der Waals surface area (Å²) in [6.45, 7) is 3.08. The van der Waals surface area contributed by atoms with Crippen LogP contribution in [0.25, 0.3) is 11.0 Å². The number of rotatable bonds is 5. The Kier molecular flexibility index (Phi) is 5.75. The molecule has 28 heavy (non-hydrogen) atoms. The van der Waals surface area contributed by atoms with E-state index in [0.717, 1.165) is 5.06 Å². The van der Waals surface area contributed by atoms with Gasteiger partial charge in [0, 0.05) is 32.8 Å². The van der Waals surface area contributed by atoms with Crippen molar-refractivity contribution in [1.29, 1.82) is 0 Å². The second kappa shape index (κ2) is 7.92. The highest BCUT2D eigenvalue weighted by molar-refractivity contribution is 6.07. The van der Waals surface area contributed by atoms with Crippen LogP contribution < -0.4 is 5.32 Å². The zero-order valence-electron chi connectivity index (χ0n) is 15.8. The average molecular weight is 401 g/mol. The van der Waals surface area contributed by atoms with Crippen LogP contribution in [0.3, 0.4) is 0 Å². The lowest BCUT2D eigenvalue weighted by molar-refractivity contribution is -0.141. The Labute approximate surface area is 159 Å². The highest BCUT2D eigenvalue weighted by Gasteiger charge is 2.41. The summed E-state index contributed by atoms with van der Waals surface area (Å²) in [5.74, 6) is -0.942. The van der Waals surface area contributed by atoms with E-state index >= 15 is 0 Å². The van der Waals surface area contributed by atoms with Gasteiger partial charge in [-0.1, -0.05) is 0 Å². The number of aromatic nitrogens is 3. The van der Waals surface area contributed by atoms with Crippen molar-refractivity contribution < 1.29 is 27.5 Å². The number of pyridine rings is 1. The SMILES string of the molecule is CCn1ncc2c(NC3CCOCC3)c(C(=O)N(C)OC)c(C(F)(F)F)nc21. The number of aryl methyl sites for hydroxylation is 1. The zero-order valence-corrected chi connectivity index (χ0v) is 15.8. The smallest absolute Gasteiger partial charge is 0.381 e. The molecule has 0 unspecified atom stereocenters. The normalized spacial score (nSPS) is 15.8. The molecule has 1 aliphatic heterocycles. The van der Waals surface area contributed by atoms with Gasteiger partial charge in [-0.25, -0.2) is 14.7 Å². The summed E-state index contributed by atoms with van der Waals surface area (Å²) in [6.07, 6.45) is -2.18. The Bertz CT molecular complexity index is 862. The summed E-state index contributed by atoms with van der Waals surface area (Å²) in [5.41, 5.74) is -1.70. The van der Waals surface area contributed by atoms with Gasteiger partial charge in [-0.2, -0.15) is 18.3 Å². The zero-order chi connectivity index (χ0) is 20.5. The largest absolute Gasteiger partial charge is 0.434 e. The van der Waals surface area contributed by atoms with Gasteiger partial charge in [0.05, 0.1) is 29.9 Å². The predicted octanol–water partition coefficient (Wildman–Crippen LogP) is 2.69. The Balaban J connectivity index is 2.27. The van der Waals surface area contributed by atoms with E-state index in [-0.39, 0.29) is 17.4 Å². The fourth-order valence-electron chi connectivity index (χ4n) is 3.17. The van der Waals surface area contributed by atoms with Crippen molar-refractivity contribution in [2.75, 3.05) is 32.7 Å². The Morgan fingerprint density at radius 2 is 2.11 bits per heavy atom. The number of hydroxylamine groups is 2. The van der Waals surface area contributed by atoms with Gasteiger partial charge in [-0.3, -0.25) is 9.63 Å². The van der Waals surface area contributed by atoms with Crippen LogP contribution in [0.2, 0.25) is 0 Å². The van der Waals surface area contributed by atoms with E-state index in [9.17, 15) is 18.0 Å². The van der Waals surface area contributed by atoms with Crippen LogP contribution in [0.1, 0.15) is 35.8 Å². The Morgan fingerprint density at radius 3 is 2.68 bits per heavy atom. The number of ether oxygens (including phenoxy) is 1. The maximum Gasteiger partial charge on any atom is 0.434 e. The fourth-order valence-corrected chi connectivity index (χ4v) is 3.17. The molecule has 1 amide bonds. The summed E-state index contributed by atoms with van der Waals surface area (Å²) in [6, 6.07) is -0.134. The fraction of sp³-hybridized carbons (Fsp3) is 0.588. The third-order valence-corrected chi connectivity index (χ3v) is 4.70. The van der Waals surface area contributed by atoms with E-state index < -0.39 is 23.3 Å².